The van der Waals surface area contributed by atoms with E-state index in [4.69, 9.17) is 0 Å². The number of benzene rings is 1. The molecule has 0 amide bonds. The van der Waals surface area contributed by atoms with E-state index >= 15 is 0 Å². The van der Waals surface area contributed by atoms with Crippen LogP contribution in [0.3, 0.4) is 0 Å². The van der Waals surface area contributed by atoms with E-state index in [1.165, 1.54) is 0 Å². The van der Waals surface area contributed by atoms with Gasteiger partial charge in [-0.1, -0.05) is 0 Å². The Hall–Kier alpha value is -1.81. The fraction of sp³-hybridized carbons (Fsp3) is 0.308. The molecule has 4 heteroatoms. The third kappa shape index (κ3) is 2.03. The van der Waals surface area contributed by atoms with Gasteiger partial charge in [0.2, 0.25) is 0 Å². The van der Waals surface area contributed by atoms with Gasteiger partial charge in [0.15, 0.2) is 0 Å². The molecular formula is C13H15N3O. The van der Waals surface area contributed by atoms with E-state index in [-0.39, 0.29) is 0 Å². The predicted molar refractivity (Wildman–Crippen MR) is 65.7 cm³/mol. The minimum absolute atomic E-state index is 0.294. The fourth-order valence-corrected chi connectivity index (χ4v) is 2.08. The first-order chi connectivity index (χ1) is 8.33. The molecule has 2 heterocycles. The number of aromatic nitrogens is 2. The quantitative estimate of drug-likeness (QED) is 0.838. The largest absolute Gasteiger partial charge is 0.508 e. The van der Waals surface area contributed by atoms with Crippen molar-refractivity contribution in [2.75, 3.05) is 13.1 Å². The molecule has 17 heavy (non-hydrogen) atoms. The van der Waals surface area contributed by atoms with Gasteiger partial charge in [-0.15, -0.1) is 0 Å². The summed E-state index contributed by atoms with van der Waals surface area (Å²) in [5.74, 6) is 0.980. The van der Waals surface area contributed by atoms with E-state index < -0.39 is 0 Å². The van der Waals surface area contributed by atoms with E-state index in [0.29, 0.717) is 11.7 Å². The summed E-state index contributed by atoms with van der Waals surface area (Å²) in [5, 5.41) is 16.9. The highest BCUT2D eigenvalue weighted by Crippen LogP contribution is 2.22. The van der Waals surface area contributed by atoms with Crippen LogP contribution in [0, 0.1) is 5.92 Å². The van der Waals surface area contributed by atoms with Crippen molar-refractivity contribution in [2.45, 2.75) is 6.54 Å². The lowest BCUT2D eigenvalue weighted by Crippen LogP contribution is -2.44. The molecule has 0 bridgehead atoms. The second-order valence-electron chi connectivity index (χ2n) is 4.47. The summed E-state index contributed by atoms with van der Waals surface area (Å²) in [6, 6.07) is 9.26. The monoisotopic (exact) mass is 229 g/mol. The number of nitrogens with one attached hydrogen (secondary N) is 1. The zero-order valence-electron chi connectivity index (χ0n) is 9.50. The van der Waals surface area contributed by atoms with Gasteiger partial charge in [-0.2, -0.15) is 5.10 Å². The van der Waals surface area contributed by atoms with Crippen molar-refractivity contribution in [3.63, 3.8) is 0 Å². The van der Waals surface area contributed by atoms with Crippen LogP contribution >= 0.6 is 0 Å². The molecule has 1 fully saturated rings. The molecule has 2 aromatic rings. The highest BCUT2D eigenvalue weighted by Gasteiger charge is 2.18. The summed E-state index contributed by atoms with van der Waals surface area (Å²) < 4.78 is 2.04. The van der Waals surface area contributed by atoms with Crippen LogP contribution in [0.25, 0.3) is 11.3 Å². The predicted octanol–water partition coefficient (Wildman–Crippen LogP) is 1.48. The standard InChI is InChI=1S/C13H15N3O/c17-12-3-1-11(2-4-12)13-5-6-15-16(13)9-10-7-14-8-10/h1-6,10,14,17H,7-9H2. The molecular weight excluding hydrogens is 214 g/mol. The molecule has 0 atom stereocenters. The lowest BCUT2D eigenvalue weighted by Gasteiger charge is -2.27. The lowest BCUT2D eigenvalue weighted by molar-refractivity contribution is 0.297. The molecule has 0 aliphatic carbocycles. The number of rotatable bonds is 3. The van der Waals surface area contributed by atoms with Gasteiger partial charge in [-0.05, 0) is 30.3 Å². The Morgan fingerprint density at radius 3 is 2.65 bits per heavy atom. The number of hydrogen-bond donors (Lipinski definition) is 2. The van der Waals surface area contributed by atoms with Gasteiger partial charge in [0.05, 0.1) is 5.69 Å². The van der Waals surface area contributed by atoms with Gasteiger partial charge >= 0.3 is 0 Å². The second kappa shape index (κ2) is 4.22. The number of phenols is 1. The minimum atomic E-state index is 0.294. The smallest absolute Gasteiger partial charge is 0.115 e. The van der Waals surface area contributed by atoms with Crippen LogP contribution in [-0.2, 0) is 6.54 Å². The Morgan fingerprint density at radius 2 is 2.00 bits per heavy atom. The second-order valence-corrected chi connectivity index (χ2v) is 4.47. The summed E-state index contributed by atoms with van der Waals surface area (Å²) in [6.07, 6.45) is 1.83. The minimum Gasteiger partial charge on any atom is -0.508 e. The molecule has 0 saturated carbocycles. The first kappa shape index (κ1) is 10.4. The highest BCUT2D eigenvalue weighted by atomic mass is 16.3. The first-order valence-corrected chi connectivity index (χ1v) is 5.85. The Labute approximate surface area is 99.9 Å². The summed E-state index contributed by atoms with van der Waals surface area (Å²) in [4.78, 5) is 0. The van der Waals surface area contributed by atoms with Crippen molar-refractivity contribution in [1.82, 2.24) is 15.1 Å². The van der Waals surface area contributed by atoms with Crippen LogP contribution in [0.4, 0.5) is 0 Å². The Kier molecular flexibility index (Phi) is 2.57. The van der Waals surface area contributed by atoms with Gasteiger partial charge in [0.25, 0.3) is 0 Å². The van der Waals surface area contributed by atoms with Gasteiger partial charge in [0.1, 0.15) is 5.75 Å². The van der Waals surface area contributed by atoms with Crippen molar-refractivity contribution >= 4 is 0 Å². The molecule has 1 saturated heterocycles. The zero-order valence-corrected chi connectivity index (χ0v) is 9.50. The van der Waals surface area contributed by atoms with Gasteiger partial charge in [-0.3, -0.25) is 4.68 Å². The Balaban J connectivity index is 1.86. The molecule has 4 nitrogen and oxygen atoms in total. The molecule has 0 radical (unpaired) electrons. The number of aromatic hydroxyl groups is 1. The van der Waals surface area contributed by atoms with E-state index in [1.54, 1.807) is 12.1 Å². The van der Waals surface area contributed by atoms with Crippen LogP contribution < -0.4 is 5.32 Å². The van der Waals surface area contributed by atoms with Crippen LogP contribution in [0.5, 0.6) is 5.75 Å². The van der Waals surface area contributed by atoms with Crippen LogP contribution in [-0.4, -0.2) is 28.0 Å². The maximum absolute atomic E-state index is 9.29. The Morgan fingerprint density at radius 1 is 1.24 bits per heavy atom. The van der Waals surface area contributed by atoms with Crippen LogP contribution in [0.15, 0.2) is 36.5 Å². The van der Waals surface area contributed by atoms with E-state index in [0.717, 1.165) is 30.9 Å². The van der Waals surface area contributed by atoms with Crippen molar-refractivity contribution in [3.05, 3.63) is 36.5 Å². The molecule has 88 valence electrons. The summed E-state index contributed by atoms with van der Waals surface area (Å²) in [6.45, 7) is 3.11. The third-order valence-corrected chi connectivity index (χ3v) is 3.18. The van der Waals surface area contributed by atoms with Gasteiger partial charge in [0, 0.05) is 37.3 Å². The molecule has 1 aliphatic heterocycles. The molecule has 3 rings (SSSR count). The lowest BCUT2D eigenvalue weighted by atomic mass is 10.0. The molecule has 2 N–H and O–H groups in total. The average molecular weight is 229 g/mol. The van der Waals surface area contributed by atoms with Gasteiger partial charge < -0.3 is 10.4 Å². The third-order valence-electron chi connectivity index (χ3n) is 3.18. The van der Waals surface area contributed by atoms with Crippen LogP contribution in [0.1, 0.15) is 0 Å². The van der Waals surface area contributed by atoms with Gasteiger partial charge in [-0.25, -0.2) is 0 Å². The van der Waals surface area contributed by atoms with E-state index in [2.05, 4.69) is 10.4 Å². The molecule has 1 aromatic heterocycles. The first-order valence-electron chi connectivity index (χ1n) is 5.85. The summed E-state index contributed by atoms with van der Waals surface area (Å²) in [7, 11) is 0. The van der Waals surface area contributed by atoms with E-state index in [1.807, 2.05) is 29.1 Å². The molecule has 1 aromatic carbocycles. The van der Waals surface area contributed by atoms with Crippen molar-refractivity contribution in [1.29, 1.82) is 0 Å². The zero-order chi connectivity index (χ0) is 11.7. The molecule has 0 spiro atoms. The Bertz CT molecular complexity index is 500. The average Bonchev–Trinajstić information content (AvgIpc) is 2.73. The van der Waals surface area contributed by atoms with Crippen molar-refractivity contribution in [3.8, 4) is 17.0 Å². The SMILES string of the molecule is Oc1ccc(-c2ccnn2CC2CNC2)cc1. The normalized spacial score (nSPS) is 15.8. The maximum Gasteiger partial charge on any atom is 0.115 e. The topological polar surface area (TPSA) is 50.1 Å². The van der Waals surface area contributed by atoms with E-state index in [9.17, 15) is 5.11 Å². The summed E-state index contributed by atoms with van der Waals surface area (Å²) in [5.41, 5.74) is 2.20. The number of hydrogen-bond acceptors (Lipinski definition) is 3. The highest BCUT2D eigenvalue weighted by molar-refractivity contribution is 5.60. The van der Waals surface area contributed by atoms with Crippen molar-refractivity contribution < 1.29 is 5.11 Å². The number of nitrogens with zero attached hydrogens (tertiary/aromatic N) is 2. The molecule has 0 unspecified atom stereocenters. The number of phenolic OH excluding ortho intramolecular Hbond substituents is 1. The van der Waals surface area contributed by atoms with Crippen LogP contribution in [0.2, 0.25) is 0 Å². The van der Waals surface area contributed by atoms with Crippen molar-refractivity contribution in [2.24, 2.45) is 5.92 Å². The fourth-order valence-electron chi connectivity index (χ4n) is 2.08. The summed E-state index contributed by atoms with van der Waals surface area (Å²) >= 11 is 0. The molecule has 1 aliphatic rings. The maximum atomic E-state index is 9.29.